The Hall–Kier alpha value is -1.28. The Kier molecular flexibility index (Phi) is 7.67. The molecule has 1 aromatic rings. The van der Waals surface area contributed by atoms with E-state index in [4.69, 9.17) is 13.6 Å². The van der Waals surface area contributed by atoms with Gasteiger partial charge in [0.25, 0.3) is 0 Å². The first-order valence-corrected chi connectivity index (χ1v) is 8.67. The molecule has 22 heavy (non-hydrogen) atoms. The van der Waals surface area contributed by atoms with Crippen LogP contribution < -0.4 is 0 Å². The van der Waals surface area contributed by atoms with Crippen molar-refractivity contribution in [3.05, 3.63) is 22.1 Å². The molecule has 0 aromatic carbocycles. The van der Waals surface area contributed by atoms with Gasteiger partial charge in [0.2, 0.25) is 0 Å². The maximum Gasteiger partial charge on any atom is 0.355 e. The van der Waals surface area contributed by atoms with E-state index in [2.05, 4.69) is 9.73 Å². The van der Waals surface area contributed by atoms with E-state index >= 15 is 0 Å². The third-order valence-corrected chi connectivity index (χ3v) is 4.99. The lowest BCUT2D eigenvalue weighted by molar-refractivity contribution is -0.392. The first kappa shape index (κ1) is 18.8. The summed E-state index contributed by atoms with van der Waals surface area (Å²) >= 11 is 0. The summed E-state index contributed by atoms with van der Waals surface area (Å²) in [5.74, 6) is 0.510. The zero-order valence-electron chi connectivity index (χ0n) is 13.4. The molecular formula is C12H23N4O5P. The largest absolute Gasteiger partial charge is 0.358 e. The van der Waals surface area contributed by atoms with E-state index in [9.17, 15) is 10.1 Å². The zero-order valence-corrected chi connectivity index (χ0v) is 14.3. The lowest BCUT2D eigenvalue weighted by Gasteiger charge is -2.21. The van der Waals surface area contributed by atoms with Crippen molar-refractivity contribution >= 4 is 13.6 Å². The molecule has 0 saturated heterocycles. The van der Waals surface area contributed by atoms with Crippen LogP contribution in [0, 0.1) is 17.0 Å². The molecule has 0 spiro atoms. The molecule has 0 aliphatic carbocycles. The monoisotopic (exact) mass is 334 g/mol. The first-order valence-electron chi connectivity index (χ1n) is 7.17. The van der Waals surface area contributed by atoms with Crippen molar-refractivity contribution in [2.75, 3.05) is 26.4 Å². The number of nitro groups is 1. The van der Waals surface area contributed by atoms with Crippen LogP contribution >= 0.6 is 7.74 Å². The molecule has 126 valence electrons. The van der Waals surface area contributed by atoms with Crippen LogP contribution in [-0.4, -0.2) is 40.8 Å². The van der Waals surface area contributed by atoms with E-state index in [1.807, 2.05) is 20.8 Å². The van der Waals surface area contributed by atoms with E-state index in [1.165, 1.54) is 10.8 Å². The molecule has 0 saturated carbocycles. The molecule has 0 amide bonds. The highest BCUT2D eigenvalue weighted by Crippen LogP contribution is 2.52. The van der Waals surface area contributed by atoms with Crippen molar-refractivity contribution < 1.29 is 18.5 Å². The summed E-state index contributed by atoms with van der Waals surface area (Å²) < 4.78 is 22.7. The molecule has 0 atom stereocenters. The molecule has 0 aliphatic heterocycles. The Morgan fingerprint density at radius 3 is 2.27 bits per heavy atom. The lowest BCUT2D eigenvalue weighted by atomic mass is 10.5. The van der Waals surface area contributed by atoms with Gasteiger partial charge in [0.15, 0.2) is 5.82 Å². The van der Waals surface area contributed by atoms with Crippen molar-refractivity contribution in [3.63, 3.8) is 0 Å². The van der Waals surface area contributed by atoms with Crippen LogP contribution in [0.25, 0.3) is 0 Å². The molecule has 10 heteroatoms. The minimum atomic E-state index is -2.75. The van der Waals surface area contributed by atoms with Gasteiger partial charge in [0.1, 0.15) is 12.7 Å². The van der Waals surface area contributed by atoms with Crippen LogP contribution in [0.15, 0.2) is 10.9 Å². The molecule has 0 fully saturated rings. The maximum atomic E-state index is 10.9. The predicted octanol–water partition coefficient (Wildman–Crippen LogP) is 3.16. The highest BCUT2D eigenvalue weighted by Gasteiger charge is 2.23. The molecule has 0 radical (unpaired) electrons. The number of hydrogen-bond acceptors (Lipinski definition) is 7. The van der Waals surface area contributed by atoms with Gasteiger partial charge in [-0.15, -0.1) is 0 Å². The molecule has 1 aromatic heterocycles. The first-order chi connectivity index (χ1) is 10.5. The Bertz CT molecular complexity index is 522. The zero-order chi connectivity index (χ0) is 16.6. The summed E-state index contributed by atoms with van der Waals surface area (Å²) in [7, 11) is -2.75. The molecule has 0 aliphatic rings. The molecule has 0 N–H and O–H groups in total. The van der Waals surface area contributed by atoms with Crippen LogP contribution in [0.1, 0.15) is 26.6 Å². The van der Waals surface area contributed by atoms with Gasteiger partial charge in [0, 0.05) is 6.92 Å². The van der Waals surface area contributed by atoms with Crippen molar-refractivity contribution in [1.29, 1.82) is 0 Å². The normalized spacial score (nSPS) is 11.6. The van der Waals surface area contributed by atoms with Gasteiger partial charge in [-0.1, -0.05) is 0 Å². The van der Waals surface area contributed by atoms with Crippen LogP contribution in [0.2, 0.25) is 0 Å². The van der Waals surface area contributed by atoms with Crippen LogP contribution in [0.3, 0.4) is 0 Å². The minimum Gasteiger partial charge on any atom is -0.358 e. The number of rotatable bonds is 10. The van der Waals surface area contributed by atoms with Gasteiger partial charge in [-0.2, -0.15) is 0 Å². The fourth-order valence-electron chi connectivity index (χ4n) is 1.87. The second-order valence-corrected chi connectivity index (χ2v) is 6.15. The predicted molar refractivity (Wildman–Crippen MR) is 82.7 cm³/mol. The molecular weight excluding hydrogens is 311 g/mol. The summed E-state index contributed by atoms with van der Waals surface area (Å²) in [4.78, 5) is 14.4. The molecule has 0 bridgehead atoms. The van der Waals surface area contributed by atoms with E-state index < -0.39 is 12.7 Å². The average molecular weight is 334 g/mol. The number of hydrogen-bond donors (Lipinski definition) is 0. The summed E-state index contributed by atoms with van der Waals surface area (Å²) in [6.45, 7) is 9.09. The van der Waals surface area contributed by atoms with Gasteiger partial charge in [0.05, 0.1) is 26.4 Å². The molecule has 1 heterocycles. The van der Waals surface area contributed by atoms with Crippen molar-refractivity contribution in [3.8, 4) is 0 Å². The maximum absolute atomic E-state index is 10.9. The van der Waals surface area contributed by atoms with Crippen LogP contribution in [0.5, 0.6) is 0 Å². The summed E-state index contributed by atoms with van der Waals surface area (Å²) in [6, 6.07) is 0. The highest BCUT2D eigenvalue weighted by molar-refractivity contribution is 7.51. The summed E-state index contributed by atoms with van der Waals surface area (Å²) in [5.41, 5.74) is 0. The lowest BCUT2D eigenvalue weighted by Crippen LogP contribution is -2.08. The second-order valence-electron chi connectivity index (χ2n) is 4.16. The Morgan fingerprint density at radius 2 is 1.82 bits per heavy atom. The number of imidazole rings is 1. The third-order valence-electron chi connectivity index (χ3n) is 2.69. The van der Waals surface area contributed by atoms with E-state index in [0.717, 1.165) is 0 Å². The van der Waals surface area contributed by atoms with Gasteiger partial charge in [-0.3, -0.25) is 0 Å². The molecule has 9 nitrogen and oxygen atoms in total. The molecule has 0 unspecified atom stereocenters. The van der Waals surface area contributed by atoms with Crippen LogP contribution in [0.4, 0.5) is 5.82 Å². The Morgan fingerprint density at radius 1 is 1.27 bits per heavy atom. The topological polar surface area (TPSA) is 101 Å². The fraction of sp³-hybridized carbons (Fsp3) is 0.750. The Labute approximate surface area is 130 Å². The number of aryl methyl sites for hydroxylation is 1. The van der Waals surface area contributed by atoms with E-state index in [1.54, 1.807) is 6.92 Å². The smallest absolute Gasteiger partial charge is 0.355 e. The van der Waals surface area contributed by atoms with Crippen molar-refractivity contribution in [2.45, 2.75) is 34.2 Å². The molecule has 1 rings (SSSR count). The third kappa shape index (κ3) is 4.88. The van der Waals surface area contributed by atoms with E-state index in [0.29, 0.717) is 32.2 Å². The van der Waals surface area contributed by atoms with Gasteiger partial charge in [-0.05, 0) is 25.7 Å². The Balaban J connectivity index is 2.91. The van der Waals surface area contributed by atoms with Crippen molar-refractivity contribution in [1.82, 2.24) is 9.55 Å². The van der Waals surface area contributed by atoms with Gasteiger partial charge in [-0.25, -0.2) is 14.3 Å². The summed E-state index contributed by atoms with van der Waals surface area (Å²) in [5, 5.41) is 10.9. The number of aromatic nitrogens is 2. The fourth-order valence-corrected chi connectivity index (χ4v) is 3.65. The SMILES string of the molecule is CCOP(=NCCn1c([N+](=O)[O-])cnc1C)(OCC)OCC. The van der Waals surface area contributed by atoms with Crippen molar-refractivity contribution in [2.24, 2.45) is 4.74 Å². The minimum absolute atomic E-state index is 0.0548. The highest BCUT2D eigenvalue weighted by atomic mass is 31.2. The number of nitrogens with zero attached hydrogens (tertiary/aromatic N) is 4. The van der Waals surface area contributed by atoms with Gasteiger partial charge >= 0.3 is 13.6 Å². The quantitative estimate of drug-likeness (QED) is 0.370. The second kappa shape index (κ2) is 8.99. The van der Waals surface area contributed by atoms with E-state index in [-0.39, 0.29) is 12.4 Å². The van der Waals surface area contributed by atoms with Gasteiger partial charge < -0.3 is 23.7 Å². The van der Waals surface area contributed by atoms with Crippen LogP contribution in [-0.2, 0) is 20.1 Å². The average Bonchev–Trinajstić information content (AvgIpc) is 2.81. The summed E-state index contributed by atoms with van der Waals surface area (Å²) in [6.07, 6.45) is 1.24. The standard InChI is InChI=1S/C12H23N4O5P/c1-5-19-22(20-6-2,21-7-3)14-8-9-15-11(4)13-10-12(15)16(17)18/h10H,5-9H2,1-4H3.